The molecule has 0 amide bonds. The highest BCUT2D eigenvalue weighted by atomic mass is 127. The van der Waals surface area contributed by atoms with Gasteiger partial charge < -0.3 is 15.4 Å². The van der Waals surface area contributed by atoms with Crippen LogP contribution in [0.4, 0.5) is 0 Å². The van der Waals surface area contributed by atoms with Crippen molar-refractivity contribution >= 4 is 41.7 Å². The lowest BCUT2D eigenvalue weighted by Gasteiger charge is -2.15. The molecule has 1 fully saturated rings. The Labute approximate surface area is 132 Å². The molecule has 1 aliphatic heterocycles. The van der Waals surface area contributed by atoms with Gasteiger partial charge in [0.1, 0.15) is 0 Å². The third-order valence-corrected chi connectivity index (χ3v) is 3.73. The average molecular weight is 387 g/mol. The van der Waals surface area contributed by atoms with Gasteiger partial charge in [-0.2, -0.15) is 11.8 Å². The van der Waals surface area contributed by atoms with Gasteiger partial charge in [0, 0.05) is 24.9 Å². The number of hydrogen-bond donors (Lipinski definition) is 2. The Morgan fingerprint density at radius 2 is 2.28 bits per heavy atom. The second-order valence-electron chi connectivity index (χ2n) is 4.28. The quantitative estimate of drug-likeness (QED) is 0.416. The van der Waals surface area contributed by atoms with Crippen molar-refractivity contribution in [1.29, 1.82) is 0 Å². The number of rotatable bonds is 6. The van der Waals surface area contributed by atoms with Crippen LogP contribution in [0.25, 0.3) is 0 Å². The molecule has 0 aromatic heterocycles. The van der Waals surface area contributed by atoms with Gasteiger partial charge in [-0.15, -0.1) is 24.0 Å². The first-order valence-electron chi connectivity index (χ1n) is 6.42. The summed E-state index contributed by atoms with van der Waals surface area (Å²) in [6, 6.07) is 0. The fourth-order valence-electron chi connectivity index (χ4n) is 1.65. The largest absolute Gasteiger partial charge is 0.376 e. The summed E-state index contributed by atoms with van der Waals surface area (Å²) in [7, 11) is 0. The third-order valence-electron chi connectivity index (χ3n) is 2.77. The Bertz CT molecular complexity index is 235. The molecule has 2 N–H and O–H groups in total. The molecular formula is C12H26IN3OS. The zero-order valence-corrected chi connectivity index (χ0v) is 14.7. The van der Waals surface area contributed by atoms with E-state index in [2.05, 4.69) is 35.7 Å². The Kier molecular flexibility index (Phi) is 11.4. The van der Waals surface area contributed by atoms with Gasteiger partial charge >= 0.3 is 0 Å². The molecule has 6 heteroatoms. The lowest BCUT2D eigenvalue weighted by atomic mass is 10.2. The van der Waals surface area contributed by atoms with Crippen LogP contribution in [-0.2, 0) is 4.74 Å². The fraction of sp³-hybridized carbons (Fsp3) is 0.917. The van der Waals surface area contributed by atoms with E-state index in [1.165, 1.54) is 6.42 Å². The summed E-state index contributed by atoms with van der Waals surface area (Å²) in [6.07, 6.45) is 4.82. The Morgan fingerprint density at radius 3 is 2.83 bits per heavy atom. The lowest BCUT2D eigenvalue weighted by Crippen LogP contribution is -2.41. The molecule has 18 heavy (non-hydrogen) atoms. The summed E-state index contributed by atoms with van der Waals surface area (Å²) >= 11 is 1.84. The molecule has 0 bridgehead atoms. The topological polar surface area (TPSA) is 45.7 Å². The molecule has 1 aliphatic rings. The first kappa shape index (κ1) is 18.3. The minimum Gasteiger partial charge on any atom is -0.376 e. The molecule has 1 heterocycles. The van der Waals surface area contributed by atoms with E-state index in [0.717, 1.165) is 38.6 Å². The van der Waals surface area contributed by atoms with Crippen molar-refractivity contribution in [1.82, 2.24) is 10.6 Å². The number of thioether (sulfide) groups is 1. The number of nitrogens with zero attached hydrogens (tertiary/aromatic N) is 1. The van der Waals surface area contributed by atoms with Crippen LogP contribution in [-0.4, -0.2) is 49.8 Å². The van der Waals surface area contributed by atoms with Gasteiger partial charge in [0.15, 0.2) is 5.96 Å². The SMILES string of the molecule is CCNC(=NCC(C)SC)NCC1CCCO1.I. The van der Waals surface area contributed by atoms with E-state index < -0.39 is 0 Å². The Hall–Kier alpha value is 0.310. The van der Waals surface area contributed by atoms with Crippen LogP contribution < -0.4 is 10.6 Å². The van der Waals surface area contributed by atoms with Crippen molar-refractivity contribution in [3.63, 3.8) is 0 Å². The van der Waals surface area contributed by atoms with E-state index >= 15 is 0 Å². The molecule has 0 saturated carbocycles. The van der Waals surface area contributed by atoms with E-state index in [0.29, 0.717) is 11.4 Å². The van der Waals surface area contributed by atoms with Crippen molar-refractivity contribution in [2.24, 2.45) is 4.99 Å². The minimum absolute atomic E-state index is 0. The molecule has 0 spiro atoms. The number of hydrogen-bond acceptors (Lipinski definition) is 3. The van der Waals surface area contributed by atoms with Crippen molar-refractivity contribution in [3.8, 4) is 0 Å². The number of nitrogens with one attached hydrogen (secondary N) is 2. The molecule has 4 nitrogen and oxygen atoms in total. The molecule has 1 rings (SSSR count). The number of guanidine groups is 1. The van der Waals surface area contributed by atoms with E-state index in [1.54, 1.807) is 0 Å². The smallest absolute Gasteiger partial charge is 0.191 e. The second kappa shape index (κ2) is 11.2. The molecule has 0 aliphatic carbocycles. The van der Waals surface area contributed by atoms with E-state index in [9.17, 15) is 0 Å². The summed E-state index contributed by atoms with van der Waals surface area (Å²) in [6.45, 7) is 7.79. The first-order chi connectivity index (χ1) is 8.26. The molecule has 1 saturated heterocycles. The standard InChI is InChI=1S/C12H25N3OS.HI/c1-4-13-12(14-8-10(2)17-3)15-9-11-6-5-7-16-11;/h10-11H,4-9H2,1-3H3,(H2,13,14,15);1H. The zero-order valence-electron chi connectivity index (χ0n) is 11.6. The summed E-state index contributed by atoms with van der Waals surface area (Å²) in [4.78, 5) is 4.56. The van der Waals surface area contributed by atoms with Crippen LogP contribution in [0.1, 0.15) is 26.7 Å². The number of ether oxygens (including phenoxy) is 1. The highest BCUT2D eigenvalue weighted by Crippen LogP contribution is 2.10. The van der Waals surface area contributed by atoms with Gasteiger partial charge in [-0.1, -0.05) is 6.92 Å². The van der Waals surface area contributed by atoms with Gasteiger partial charge in [0.25, 0.3) is 0 Å². The van der Waals surface area contributed by atoms with Gasteiger partial charge in [-0.05, 0) is 26.0 Å². The molecule has 0 aromatic rings. The maximum atomic E-state index is 5.58. The highest BCUT2D eigenvalue weighted by molar-refractivity contribution is 14.0. The highest BCUT2D eigenvalue weighted by Gasteiger charge is 2.15. The minimum atomic E-state index is 0. The molecular weight excluding hydrogens is 361 g/mol. The molecule has 2 unspecified atom stereocenters. The number of halogens is 1. The van der Waals surface area contributed by atoms with Crippen molar-refractivity contribution in [2.45, 2.75) is 38.0 Å². The van der Waals surface area contributed by atoms with Crippen molar-refractivity contribution < 1.29 is 4.74 Å². The Balaban J connectivity index is 0.00000289. The van der Waals surface area contributed by atoms with Crippen molar-refractivity contribution in [3.05, 3.63) is 0 Å². The zero-order chi connectivity index (χ0) is 12.5. The summed E-state index contributed by atoms with van der Waals surface area (Å²) in [5.74, 6) is 0.906. The predicted octanol–water partition coefficient (Wildman–Crippen LogP) is 2.09. The monoisotopic (exact) mass is 387 g/mol. The molecule has 2 atom stereocenters. The second-order valence-corrected chi connectivity index (χ2v) is 5.56. The van der Waals surface area contributed by atoms with Crippen LogP contribution >= 0.6 is 35.7 Å². The predicted molar refractivity (Wildman–Crippen MR) is 91.3 cm³/mol. The van der Waals surface area contributed by atoms with Gasteiger partial charge in [-0.25, -0.2) is 0 Å². The maximum absolute atomic E-state index is 5.58. The normalized spacial score (nSPS) is 21.3. The summed E-state index contributed by atoms with van der Waals surface area (Å²) in [5.41, 5.74) is 0. The lowest BCUT2D eigenvalue weighted by molar-refractivity contribution is 0.114. The van der Waals surface area contributed by atoms with Crippen LogP contribution in [0.2, 0.25) is 0 Å². The van der Waals surface area contributed by atoms with Gasteiger partial charge in [0.05, 0.1) is 12.6 Å². The molecule has 108 valence electrons. The first-order valence-corrected chi connectivity index (χ1v) is 7.71. The Morgan fingerprint density at radius 1 is 1.50 bits per heavy atom. The molecule has 0 aromatic carbocycles. The summed E-state index contributed by atoms with van der Waals surface area (Å²) in [5, 5.41) is 7.17. The summed E-state index contributed by atoms with van der Waals surface area (Å²) < 4.78 is 5.58. The molecule has 0 radical (unpaired) electrons. The van der Waals surface area contributed by atoms with Crippen molar-refractivity contribution in [2.75, 3.05) is 32.5 Å². The van der Waals surface area contributed by atoms with Crippen LogP contribution in [0.15, 0.2) is 4.99 Å². The van der Waals surface area contributed by atoms with Crippen LogP contribution in [0.3, 0.4) is 0 Å². The maximum Gasteiger partial charge on any atom is 0.191 e. The van der Waals surface area contributed by atoms with E-state index in [-0.39, 0.29) is 24.0 Å². The third kappa shape index (κ3) is 7.68. The van der Waals surface area contributed by atoms with E-state index in [1.807, 2.05) is 11.8 Å². The van der Waals surface area contributed by atoms with E-state index in [4.69, 9.17) is 4.74 Å². The van der Waals surface area contributed by atoms with Gasteiger partial charge in [0.2, 0.25) is 0 Å². The average Bonchev–Trinajstić information content (AvgIpc) is 2.85. The van der Waals surface area contributed by atoms with Crippen LogP contribution in [0.5, 0.6) is 0 Å². The fourth-order valence-corrected chi connectivity index (χ4v) is 1.88. The number of aliphatic imine (C=N–C) groups is 1. The van der Waals surface area contributed by atoms with Gasteiger partial charge in [-0.3, -0.25) is 4.99 Å². The van der Waals surface area contributed by atoms with Crippen LogP contribution in [0, 0.1) is 0 Å².